The minimum atomic E-state index is -0.0476. The van der Waals surface area contributed by atoms with Crippen molar-refractivity contribution in [2.24, 2.45) is 5.92 Å². The van der Waals surface area contributed by atoms with Crippen molar-refractivity contribution >= 4 is 17.3 Å². The van der Waals surface area contributed by atoms with Crippen molar-refractivity contribution in [1.29, 1.82) is 0 Å². The van der Waals surface area contributed by atoms with E-state index in [0.29, 0.717) is 17.8 Å². The van der Waals surface area contributed by atoms with Crippen molar-refractivity contribution in [1.82, 2.24) is 5.32 Å². The maximum Gasteiger partial charge on any atom is 0.253 e. The van der Waals surface area contributed by atoms with Gasteiger partial charge in [0, 0.05) is 24.5 Å². The molecule has 1 saturated carbocycles. The lowest BCUT2D eigenvalue weighted by molar-refractivity contribution is 0.0956. The number of nitrogen functional groups attached to an aromatic ring is 1. The van der Waals surface area contributed by atoms with Gasteiger partial charge in [-0.05, 0) is 43.9 Å². The number of nitrogens with two attached hydrogens (primary N) is 1. The van der Waals surface area contributed by atoms with Crippen molar-refractivity contribution in [3.8, 4) is 0 Å². The minimum Gasteiger partial charge on any atom is -0.399 e. The van der Waals surface area contributed by atoms with E-state index in [4.69, 9.17) is 5.73 Å². The zero-order chi connectivity index (χ0) is 13.0. The third-order valence-corrected chi connectivity index (χ3v) is 3.43. The molecule has 0 aliphatic heterocycles. The van der Waals surface area contributed by atoms with Crippen LogP contribution in [0, 0.1) is 5.92 Å². The lowest BCUT2D eigenvalue weighted by Gasteiger charge is -2.26. The van der Waals surface area contributed by atoms with Gasteiger partial charge in [0.05, 0.1) is 5.56 Å². The van der Waals surface area contributed by atoms with E-state index in [2.05, 4.69) is 10.6 Å². The highest BCUT2D eigenvalue weighted by Crippen LogP contribution is 2.27. The van der Waals surface area contributed by atoms with Gasteiger partial charge in [-0.15, -0.1) is 0 Å². The Labute approximate surface area is 108 Å². The summed E-state index contributed by atoms with van der Waals surface area (Å²) in [6, 6.07) is 5.38. The zero-order valence-corrected chi connectivity index (χ0v) is 10.8. The molecular weight excluding hydrogens is 226 g/mol. The highest BCUT2D eigenvalue weighted by Gasteiger charge is 2.18. The Morgan fingerprint density at radius 1 is 1.44 bits per heavy atom. The molecular formula is C14H21N3O. The highest BCUT2D eigenvalue weighted by molar-refractivity contribution is 6.00. The van der Waals surface area contributed by atoms with Crippen LogP contribution in [0.15, 0.2) is 18.2 Å². The molecule has 1 aliphatic carbocycles. The molecule has 0 heterocycles. The number of rotatable bonds is 5. The van der Waals surface area contributed by atoms with Gasteiger partial charge >= 0.3 is 0 Å². The summed E-state index contributed by atoms with van der Waals surface area (Å²) in [5, 5.41) is 6.17. The van der Waals surface area contributed by atoms with E-state index >= 15 is 0 Å². The molecule has 0 bridgehead atoms. The Balaban J connectivity index is 2.09. The third-order valence-electron chi connectivity index (χ3n) is 3.43. The quantitative estimate of drug-likeness (QED) is 0.699. The summed E-state index contributed by atoms with van der Waals surface area (Å²) in [4.78, 5) is 11.9. The molecule has 0 unspecified atom stereocenters. The number of carbonyl (C=O) groups excluding carboxylic acids is 1. The van der Waals surface area contributed by atoms with E-state index < -0.39 is 0 Å². The summed E-state index contributed by atoms with van der Waals surface area (Å²) in [6.45, 7) is 3.47. The van der Waals surface area contributed by atoms with Gasteiger partial charge in [0.25, 0.3) is 5.91 Å². The fourth-order valence-electron chi connectivity index (χ4n) is 2.11. The fraction of sp³-hybridized carbons (Fsp3) is 0.500. The molecule has 4 heteroatoms. The van der Waals surface area contributed by atoms with Crippen LogP contribution < -0.4 is 16.4 Å². The van der Waals surface area contributed by atoms with E-state index in [1.807, 2.05) is 13.0 Å². The molecule has 0 aromatic heterocycles. The Hall–Kier alpha value is -1.71. The van der Waals surface area contributed by atoms with Gasteiger partial charge in [0.2, 0.25) is 0 Å². The Morgan fingerprint density at radius 2 is 2.22 bits per heavy atom. The van der Waals surface area contributed by atoms with Crippen molar-refractivity contribution in [3.05, 3.63) is 23.8 Å². The van der Waals surface area contributed by atoms with Crippen LogP contribution in [0.3, 0.4) is 0 Å². The number of hydrogen-bond donors (Lipinski definition) is 3. The van der Waals surface area contributed by atoms with Crippen molar-refractivity contribution in [2.75, 3.05) is 24.1 Å². The summed E-state index contributed by atoms with van der Waals surface area (Å²) in [5.74, 6) is 0.696. The lowest BCUT2D eigenvalue weighted by Crippen LogP contribution is -2.26. The summed E-state index contributed by atoms with van der Waals surface area (Å²) in [6.07, 6.45) is 3.89. The second-order valence-electron chi connectivity index (χ2n) is 4.84. The number of nitrogens with one attached hydrogen (secondary N) is 2. The standard InChI is InChI=1S/C14H21N3O/c1-2-16-14(18)12-7-6-11(15)8-13(12)17-9-10-4-3-5-10/h6-8,10,17H,2-5,9,15H2,1H3,(H,16,18). The second-order valence-corrected chi connectivity index (χ2v) is 4.84. The Morgan fingerprint density at radius 3 is 2.83 bits per heavy atom. The van der Waals surface area contributed by atoms with Gasteiger partial charge in [-0.3, -0.25) is 4.79 Å². The summed E-state index contributed by atoms with van der Waals surface area (Å²) in [7, 11) is 0. The minimum absolute atomic E-state index is 0.0476. The van der Waals surface area contributed by atoms with Gasteiger partial charge in [-0.2, -0.15) is 0 Å². The molecule has 1 fully saturated rings. The maximum atomic E-state index is 11.9. The van der Waals surface area contributed by atoms with Crippen molar-refractivity contribution in [2.45, 2.75) is 26.2 Å². The Bertz CT molecular complexity index is 427. The van der Waals surface area contributed by atoms with E-state index in [0.717, 1.165) is 18.2 Å². The summed E-state index contributed by atoms with van der Waals surface area (Å²) >= 11 is 0. The molecule has 98 valence electrons. The topological polar surface area (TPSA) is 67.2 Å². The second kappa shape index (κ2) is 5.76. The highest BCUT2D eigenvalue weighted by atomic mass is 16.1. The third kappa shape index (κ3) is 2.94. The predicted molar refractivity (Wildman–Crippen MR) is 74.7 cm³/mol. The molecule has 4 nitrogen and oxygen atoms in total. The molecule has 1 aliphatic rings. The monoisotopic (exact) mass is 247 g/mol. The van der Waals surface area contributed by atoms with E-state index in [1.165, 1.54) is 19.3 Å². The van der Waals surface area contributed by atoms with Crippen LogP contribution in [0.1, 0.15) is 36.5 Å². The predicted octanol–water partition coefficient (Wildman–Crippen LogP) is 2.23. The van der Waals surface area contributed by atoms with Crippen LogP contribution in [0.5, 0.6) is 0 Å². The molecule has 1 aromatic carbocycles. The van der Waals surface area contributed by atoms with Gasteiger partial charge < -0.3 is 16.4 Å². The normalized spacial score (nSPS) is 14.9. The van der Waals surface area contributed by atoms with Gasteiger partial charge in [-0.1, -0.05) is 6.42 Å². The SMILES string of the molecule is CCNC(=O)c1ccc(N)cc1NCC1CCC1. The molecule has 4 N–H and O–H groups in total. The van der Waals surface area contributed by atoms with Gasteiger partial charge in [-0.25, -0.2) is 0 Å². The molecule has 18 heavy (non-hydrogen) atoms. The molecule has 1 amide bonds. The van der Waals surface area contributed by atoms with E-state index in [-0.39, 0.29) is 5.91 Å². The molecule has 0 spiro atoms. The maximum absolute atomic E-state index is 11.9. The number of anilines is 2. The zero-order valence-electron chi connectivity index (χ0n) is 10.8. The molecule has 1 aromatic rings. The molecule has 2 rings (SSSR count). The van der Waals surface area contributed by atoms with Crippen molar-refractivity contribution < 1.29 is 4.79 Å². The van der Waals surface area contributed by atoms with Crippen LogP contribution in [0.2, 0.25) is 0 Å². The van der Waals surface area contributed by atoms with Crippen molar-refractivity contribution in [3.63, 3.8) is 0 Å². The number of benzene rings is 1. The average Bonchev–Trinajstić information content (AvgIpc) is 2.27. The van der Waals surface area contributed by atoms with Gasteiger partial charge in [0.1, 0.15) is 0 Å². The first-order chi connectivity index (χ1) is 8.70. The summed E-state index contributed by atoms with van der Waals surface area (Å²) in [5.41, 5.74) is 7.97. The first kappa shape index (κ1) is 12.7. The number of amides is 1. The first-order valence-corrected chi connectivity index (χ1v) is 6.62. The van der Waals surface area contributed by atoms with Crippen LogP contribution in [0.4, 0.5) is 11.4 Å². The smallest absolute Gasteiger partial charge is 0.253 e. The lowest BCUT2D eigenvalue weighted by atomic mass is 9.85. The van der Waals surface area contributed by atoms with E-state index in [9.17, 15) is 4.79 Å². The molecule has 0 atom stereocenters. The van der Waals surface area contributed by atoms with Crippen LogP contribution in [-0.2, 0) is 0 Å². The number of carbonyl (C=O) groups is 1. The van der Waals surface area contributed by atoms with Crippen LogP contribution >= 0.6 is 0 Å². The van der Waals surface area contributed by atoms with Crippen LogP contribution in [0.25, 0.3) is 0 Å². The summed E-state index contributed by atoms with van der Waals surface area (Å²) < 4.78 is 0. The fourth-order valence-corrected chi connectivity index (χ4v) is 2.11. The number of hydrogen-bond acceptors (Lipinski definition) is 3. The van der Waals surface area contributed by atoms with Gasteiger partial charge in [0.15, 0.2) is 0 Å². The van der Waals surface area contributed by atoms with E-state index in [1.54, 1.807) is 12.1 Å². The average molecular weight is 247 g/mol. The van der Waals surface area contributed by atoms with Crippen LogP contribution in [-0.4, -0.2) is 19.0 Å². The first-order valence-electron chi connectivity index (χ1n) is 6.62. The molecule has 0 radical (unpaired) electrons. The largest absolute Gasteiger partial charge is 0.399 e. The molecule has 0 saturated heterocycles. The Kier molecular flexibility index (Phi) is 4.07.